The third kappa shape index (κ3) is 2.94. The van der Waals surface area contributed by atoms with Crippen molar-refractivity contribution >= 4 is 22.6 Å². The Balaban J connectivity index is 2.41. The third-order valence-corrected chi connectivity index (χ3v) is 3.33. The lowest BCUT2D eigenvalue weighted by Crippen LogP contribution is -2.06. The molecule has 21 heavy (non-hydrogen) atoms. The first-order valence-corrected chi connectivity index (χ1v) is 6.58. The SMILES string of the molecule is CC/C(=C/Cn1ccc2cccc([N+](=O)[O-])c21)C(=O)OC. The maximum absolute atomic E-state index is 11.5. The third-order valence-electron chi connectivity index (χ3n) is 3.33. The zero-order chi connectivity index (χ0) is 15.4. The maximum atomic E-state index is 11.5. The zero-order valence-corrected chi connectivity index (χ0v) is 11.9. The summed E-state index contributed by atoms with van der Waals surface area (Å²) in [7, 11) is 1.34. The molecular formula is C15H16N2O4. The molecule has 6 nitrogen and oxygen atoms in total. The summed E-state index contributed by atoms with van der Waals surface area (Å²) in [5, 5.41) is 11.9. The molecule has 0 spiro atoms. The number of nitro benzene ring substituents is 1. The average Bonchev–Trinajstić information content (AvgIpc) is 2.90. The van der Waals surface area contributed by atoms with Crippen LogP contribution >= 0.6 is 0 Å². The number of hydrogen-bond acceptors (Lipinski definition) is 4. The molecule has 2 rings (SSSR count). The van der Waals surface area contributed by atoms with Crippen LogP contribution in [0, 0.1) is 10.1 Å². The van der Waals surface area contributed by atoms with E-state index in [4.69, 9.17) is 4.74 Å². The number of benzene rings is 1. The number of nitro groups is 1. The molecule has 6 heteroatoms. The van der Waals surface area contributed by atoms with Gasteiger partial charge in [-0.1, -0.05) is 25.1 Å². The van der Waals surface area contributed by atoms with Crippen LogP contribution in [0.1, 0.15) is 13.3 Å². The molecule has 0 N–H and O–H groups in total. The standard InChI is InChI=1S/C15H16N2O4/c1-3-11(15(18)21-2)7-9-16-10-8-12-5-4-6-13(14(12)16)17(19)20/h4-8,10H,3,9H2,1-2H3/b11-7-. The molecule has 0 aliphatic heterocycles. The van der Waals surface area contributed by atoms with Crippen LogP contribution in [0.2, 0.25) is 0 Å². The Kier molecular flexibility index (Phi) is 4.37. The minimum absolute atomic E-state index is 0.0574. The highest BCUT2D eigenvalue weighted by molar-refractivity contribution is 5.89. The molecule has 0 aliphatic carbocycles. The van der Waals surface area contributed by atoms with Crippen LogP contribution in [0.4, 0.5) is 5.69 Å². The molecule has 0 aliphatic rings. The number of carbonyl (C=O) groups excluding carboxylic acids is 1. The summed E-state index contributed by atoms with van der Waals surface area (Å²) in [5.41, 5.74) is 1.17. The van der Waals surface area contributed by atoms with Crippen molar-refractivity contribution in [1.29, 1.82) is 0 Å². The van der Waals surface area contributed by atoms with Gasteiger partial charge < -0.3 is 9.30 Å². The van der Waals surface area contributed by atoms with Crippen molar-refractivity contribution in [2.24, 2.45) is 0 Å². The van der Waals surface area contributed by atoms with E-state index in [-0.39, 0.29) is 11.7 Å². The summed E-state index contributed by atoms with van der Waals surface area (Å²) in [5.74, 6) is -0.372. The lowest BCUT2D eigenvalue weighted by Gasteiger charge is -2.05. The molecule has 2 aromatic rings. The quantitative estimate of drug-likeness (QED) is 0.367. The Hall–Kier alpha value is -2.63. The van der Waals surface area contributed by atoms with Crippen LogP contribution < -0.4 is 0 Å². The number of rotatable bonds is 5. The van der Waals surface area contributed by atoms with E-state index >= 15 is 0 Å². The molecule has 1 heterocycles. The Morgan fingerprint density at radius 2 is 2.19 bits per heavy atom. The summed E-state index contributed by atoms with van der Waals surface area (Å²) in [6.07, 6.45) is 4.06. The van der Waals surface area contributed by atoms with E-state index < -0.39 is 4.92 Å². The second-order valence-electron chi connectivity index (χ2n) is 4.51. The molecule has 1 aromatic carbocycles. The van der Waals surface area contributed by atoms with E-state index in [0.29, 0.717) is 24.1 Å². The maximum Gasteiger partial charge on any atom is 0.333 e. The normalized spacial score (nSPS) is 11.6. The molecule has 0 saturated heterocycles. The monoisotopic (exact) mass is 288 g/mol. The van der Waals surface area contributed by atoms with Gasteiger partial charge in [-0.25, -0.2) is 4.79 Å². The highest BCUT2D eigenvalue weighted by atomic mass is 16.6. The highest BCUT2D eigenvalue weighted by Gasteiger charge is 2.15. The van der Waals surface area contributed by atoms with Crippen molar-refractivity contribution in [2.75, 3.05) is 7.11 Å². The van der Waals surface area contributed by atoms with E-state index in [2.05, 4.69) is 0 Å². The molecule has 0 saturated carbocycles. The summed E-state index contributed by atoms with van der Waals surface area (Å²) < 4.78 is 6.45. The molecule has 1 aromatic heterocycles. The van der Waals surface area contributed by atoms with Gasteiger partial charge in [0.15, 0.2) is 0 Å². The van der Waals surface area contributed by atoms with Crippen molar-refractivity contribution in [2.45, 2.75) is 19.9 Å². The van der Waals surface area contributed by atoms with Gasteiger partial charge in [0.25, 0.3) is 5.69 Å². The van der Waals surface area contributed by atoms with Crippen LogP contribution in [0.3, 0.4) is 0 Å². The van der Waals surface area contributed by atoms with Crippen molar-refractivity contribution in [3.05, 3.63) is 52.2 Å². The van der Waals surface area contributed by atoms with Crippen LogP contribution in [-0.4, -0.2) is 22.6 Å². The number of nitrogens with zero attached hydrogens (tertiary/aromatic N) is 2. The van der Waals surface area contributed by atoms with E-state index in [1.807, 2.05) is 19.1 Å². The minimum Gasteiger partial charge on any atom is -0.466 e. The Bertz CT molecular complexity index is 716. The van der Waals surface area contributed by atoms with Crippen molar-refractivity contribution in [3.8, 4) is 0 Å². The molecule has 0 radical (unpaired) electrons. The van der Waals surface area contributed by atoms with Crippen molar-refractivity contribution in [3.63, 3.8) is 0 Å². The van der Waals surface area contributed by atoms with E-state index in [1.165, 1.54) is 13.2 Å². The van der Waals surface area contributed by atoms with Crippen molar-refractivity contribution in [1.82, 2.24) is 4.57 Å². The summed E-state index contributed by atoms with van der Waals surface area (Å²) >= 11 is 0. The molecule has 0 unspecified atom stereocenters. The van der Waals surface area contributed by atoms with E-state index in [0.717, 1.165) is 5.39 Å². The second kappa shape index (κ2) is 6.21. The van der Waals surface area contributed by atoms with Gasteiger partial charge in [-0.3, -0.25) is 10.1 Å². The fourth-order valence-corrected chi connectivity index (χ4v) is 2.25. The van der Waals surface area contributed by atoms with Gasteiger partial charge in [-0.2, -0.15) is 0 Å². The average molecular weight is 288 g/mol. The number of non-ortho nitro benzene ring substituents is 1. The van der Waals surface area contributed by atoms with Crippen LogP contribution in [0.5, 0.6) is 0 Å². The number of methoxy groups -OCH3 is 1. The van der Waals surface area contributed by atoms with Gasteiger partial charge in [0.2, 0.25) is 0 Å². The van der Waals surface area contributed by atoms with Gasteiger partial charge >= 0.3 is 5.97 Å². The Labute approximate surface area is 121 Å². The second-order valence-corrected chi connectivity index (χ2v) is 4.51. The molecule has 110 valence electrons. The zero-order valence-electron chi connectivity index (χ0n) is 11.9. The molecule has 0 amide bonds. The summed E-state index contributed by atoms with van der Waals surface area (Å²) in [4.78, 5) is 22.3. The first kappa shape index (κ1) is 14.8. The fourth-order valence-electron chi connectivity index (χ4n) is 2.25. The topological polar surface area (TPSA) is 74.4 Å². The van der Waals surface area contributed by atoms with E-state index in [1.54, 1.807) is 22.9 Å². The molecule has 0 atom stereocenters. The number of ether oxygens (including phenoxy) is 1. The van der Waals surface area contributed by atoms with E-state index in [9.17, 15) is 14.9 Å². The molecule has 0 bridgehead atoms. The molecular weight excluding hydrogens is 272 g/mol. The number of para-hydroxylation sites is 1. The smallest absolute Gasteiger partial charge is 0.333 e. The lowest BCUT2D eigenvalue weighted by atomic mass is 10.2. The summed E-state index contributed by atoms with van der Waals surface area (Å²) in [6.45, 7) is 2.24. The highest BCUT2D eigenvalue weighted by Crippen LogP contribution is 2.26. The van der Waals surface area contributed by atoms with Crippen LogP contribution in [0.15, 0.2) is 42.1 Å². The van der Waals surface area contributed by atoms with Crippen LogP contribution in [0.25, 0.3) is 10.9 Å². The van der Waals surface area contributed by atoms with Crippen molar-refractivity contribution < 1.29 is 14.5 Å². The number of fused-ring (bicyclic) bond motifs is 1. The minimum atomic E-state index is -0.399. The first-order valence-electron chi connectivity index (χ1n) is 6.58. The number of esters is 1. The number of hydrogen-bond donors (Lipinski definition) is 0. The Morgan fingerprint density at radius 3 is 2.81 bits per heavy atom. The lowest BCUT2D eigenvalue weighted by molar-refractivity contribution is -0.383. The predicted molar refractivity (Wildman–Crippen MR) is 79.0 cm³/mol. The number of aromatic nitrogens is 1. The van der Waals surface area contributed by atoms with Gasteiger partial charge in [0.1, 0.15) is 5.52 Å². The summed E-state index contributed by atoms with van der Waals surface area (Å²) in [6, 6.07) is 6.78. The fraction of sp³-hybridized carbons (Fsp3) is 0.267. The molecule has 0 fully saturated rings. The van der Waals surface area contributed by atoms with Gasteiger partial charge in [-0.15, -0.1) is 0 Å². The van der Waals surface area contributed by atoms with Gasteiger partial charge in [0.05, 0.1) is 12.0 Å². The van der Waals surface area contributed by atoms with Gasteiger partial charge in [0, 0.05) is 29.8 Å². The Morgan fingerprint density at radius 1 is 1.43 bits per heavy atom. The predicted octanol–water partition coefficient (Wildman–Crippen LogP) is 3.06. The van der Waals surface area contributed by atoms with Crippen LogP contribution in [-0.2, 0) is 16.1 Å². The first-order chi connectivity index (χ1) is 10.1. The number of allylic oxidation sites excluding steroid dienone is 1. The number of carbonyl (C=O) groups is 1. The largest absolute Gasteiger partial charge is 0.466 e. The van der Waals surface area contributed by atoms with Gasteiger partial charge in [-0.05, 0) is 12.5 Å².